The summed E-state index contributed by atoms with van der Waals surface area (Å²) in [7, 11) is -0.130. The van der Waals surface area contributed by atoms with Gasteiger partial charge in [-0.25, -0.2) is 13.1 Å². The number of hydrogen-bond donors (Lipinski definition) is 1. The summed E-state index contributed by atoms with van der Waals surface area (Å²) in [5.74, 6) is 0. The van der Waals surface area contributed by atoms with E-state index in [-0.39, 0.29) is 25.7 Å². The Balaban J connectivity index is 2.17. The highest BCUT2D eigenvalue weighted by Crippen LogP contribution is 2.34. The van der Waals surface area contributed by atoms with Gasteiger partial charge in [0.05, 0.1) is 17.2 Å². The molecule has 5 nitrogen and oxygen atoms in total. The van der Waals surface area contributed by atoms with Crippen LogP contribution in [0.15, 0.2) is 10.3 Å². The fraction of sp³-hybridized carbons (Fsp3) is 0.600. The third-order valence-electron chi connectivity index (χ3n) is 2.95. The van der Waals surface area contributed by atoms with Crippen LogP contribution in [0.1, 0.15) is 0 Å². The Morgan fingerprint density at radius 3 is 2.68 bits per heavy atom. The van der Waals surface area contributed by atoms with Gasteiger partial charge in [-0.15, -0.1) is 11.3 Å². The summed E-state index contributed by atoms with van der Waals surface area (Å²) in [6, 6.07) is 1.08. The molecule has 0 amide bonds. The first-order chi connectivity index (χ1) is 8.83. The van der Waals surface area contributed by atoms with E-state index in [1.165, 1.54) is 6.07 Å². The Morgan fingerprint density at radius 2 is 2.16 bits per heavy atom. The van der Waals surface area contributed by atoms with Crippen LogP contribution in [0.2, 0.25) is 9.36 Å². The molecule has 0 aliphatic carbocycles. The van der Waals surface area contributed by atoms with Gasteiger partial charge in [-0.1, -0.05) is 23.2 Å². The first-order valence-corrected chi connectivity index (χ1v) is 8.57. The van der Waals surface area contributed by atoms with Gasteiger partial charge in [-0.3, -0.25) is 0 Å². The summed E-state index contributed by atoms with van der Waals surface area (Å²) in [6.07, 6.45) is -0.161. The highest BCUT2D eigenvalue weighted by atomic mass is 35.5. The van der Waals surface area contributed by atoms with Crippen molar-refractivity contribution in [3.8, 4) is 0 Å². The first-order valence-electron chi connectivity index (χ1n) is 5.52. The van der Waals surface area contributed by atoms with Crippen molar-refractivity contribution >= 4 is 44.6 Å². The molecular formula is C10H14Cl2N2O3S2. The molecule has 1 aliphatic heterocycles. The van der Waals surface area contributed by atoms with Crippen LogP contribution >= 0.6 is 34.5 Å². The number of likely N-dealkylation sites (N-methyl/N-ethyl adjacent to an activating group) is 1. The van der Waals surface area contributed by atoms with Crippen LogP contribution in [-0.2, 0) is 14.8 Å². The maximum atomic E-state index is 12.2. The van der Waals surface area contributed by atoms with Crippen molar-refractivity contribution in [2.75, 3.05) is 27.2 Å². The van der Waals surface area contributed by atoms with Gasteiger partial charge in [0.15, 0.2) is 0 Å². The minimum absolute atomic E-state index is 0.118. The summed E-state index contributed by atoms with van der Waals surface area (Å²) in [4.78, 5) is 2.01. The molecule has 2 heterocycles. The van der Waals surface area contributed by atoms with E-state index in [2.05, 4.69) is 4.72 Å². The van der Waals surface area contributed by atoms with E-state index in [1.54, 1.807) is 7.11 Å². The lowest BCUT2D eigenvalue weighted by Crippen LogP contribution is -2.43. The largest absolute Gasteiger partial charge is 0.378 e. The summed E-state index contributed by atoms with van der Waals surface area (Å²) >= 11 is 12.5. The standard InChI is InChI=1S/C10H14Cl2N2O3S2/c1-14-4-7(8(5-14)17-2)13-19(15,16)9-3-6(11)10(12)18-9/h3,7-8,13H,4-5H2,1-2H3/t7-,8-/m0/s1. The van der Waals surface area contributed by atoms with E-state index in [1.807, 2.05) is 11.9 Å². The van der Waals surface area contributed by atoms with E-state index in [0.717, 1.165) is 11.3 Å². The number of thiophene rings is 1. The number of nitrogens with one attached hydrogen (secondary N) is 1. The molecule has 0 bridgehead atoms. The number of likely N-dealkylation sites (tertiary alicyclic amines) is 1. The molecule has 1 aromatic heterocycles. The van der Waals surface area contributed by atoms with E-state index in [9.17, 15) is 8.42 Å². The van der Waals surface area contributed by atoms with Gasteiger partial charge in [0.1, 0.15) is 8.55 Å². The van der Waals surface area contributed by atoms with E-state index in [0.29, 0.717) is 13.1 Å². The van der Waals surface area contributed by atoms with Gasteiger partial charge in [0.25, 0.3) is 10.0 Å². The van der Waals surface area contributed by atoms with Crippen LogP contribution in [0.25, 0.3) is 0 Å². The number of rotatable bonds is 4. The maximum absolute atomic E-state index is 12.2. The molecule has 1 fully saturated rings. The molecule has 19 heavy (non-hydrogen) atoms. The molecule has 9 heteroatoms. The van der Waals surface area contributed by atoms with Crippen LogP contribution in [0.5, 0.6) is 0 Å². The van der Waals surface area contributed by atoms with Crippen molar-refractivity contribution in [2.45, 2.75) is 16.4 Å². The second-order valence-electron chi connectivity index (χ2n) is 4.41. The highest BCUT2D eigenvalue weighted by Gasteiger charge is 2.34. The fourth-order valence-electron chi connectivity index (χ4n) is 2.03. The Labute approximate surface area is 126 Å². The average molecular weight is 345 g/mol. The first kappa shape index (κ1) is 15.5. The number of halogens is 2. The van der Waals surface area contributed by atoms with Crippen molar-refractivity contribution in [1.29, 1.82) is 0 Å². The Bertz CT molecular complexity index is 542. The van der Waals surface area contributed by atoms with Gasteiger partial charge in [0.2, 0.25) is 0 Å². The molecule has 1 aromatic rings. The molecule has 108 valence electrons. The SMILES string of the molecule is CO[C@H]1CN(C)C[C@@H]1NS(=O)(=O)c1cc(Cl)c(Cl)s1. The molecule has 1 aliphatic rings. The van der Waals surface area contributed by atoms with Crippen LogP contribution < -0.4 is 4.72 Å². The van der Waals surface area contributed by atoms with Gasteiger partial charge in [-0.2, -0.15) is 0 Å². The number of nitrogens with zero attached hydrogens (tertiary/aromatic N) is 1. The number of ether oxygens (including phenoxy) is 1. The van der Waals surface area contributed by atoms with Gasteiger partial charge in [-0.05, 0) is 13.1 Å². The molecule has 0 unspecified atom stereocenters. The van der Waals surface area contributed by atoms with Crippen LogP contribution in [0.3, 0.4) is 0 Å². The average Bonchev–Trinajstić information content (AvgIpc) is 2.83. The van der Waals surface area contributed by atoms with Crippen LogP contribution in [0, 0.1) is 0 Å². The summed E-state index contributed by atoms with van der Waals surface area (Å²) in [6.45, 7) is 1.29. The minimum atomic E-state index is -3.62. The molecule has 1 saturated heterocycles. The monoisotopic (exact) mass is 344 g/mol. The van der Waals surface area contributed by atoms with Crippen LogP contribution in [-0.4, -0.2) is 52.7 Å². The number of hydrogen-bond acceptors (Lipinski definition) is 5. The lowest BCUT2D eigenvalue weighted by molar-refractivity contribution is 0.0969. The Hall–Kier alpha value is 0.110. The maximum Gasteiger partial charge on any atom is 0.250 e. The van der Waals surface area contributed by atoms with Crippen LogP contribution in [0.4, 0.5) is 0 Å². The predicted octanol–water partition coefficient (Wildman–Crippen LogP) is 1.66. The van der Waals surface area contributed by atoms with Crippen molar-refractivity contribution in [3.63, 3.8) is 0 Å². The predicted molar refractivity (Wildman–Crippen MR) is 76.7 cm³/mol. The zero-order valence-corrected chi connectivity index (χ0v) is 13.5. The topological polar surface area (TPSA) is 58.6 Å². The van der Waals surface area contributed by atoms with Gasteiger partial charge < -0.3 is 9.64 Å². The molecular weight excluding hydrogens is 331 g/mol. The lowest BCUT2D eigenvalue weighted by atomic mass is 10.2. The van der Waals surface area contributed by atoms with Crippen molar-refractivity contribution in [1.82, 2.24) is 9.62 Å². The molecule has 0 spiro atoms. The van der Waals surface area contributed by atoms with E-state index < -0.39 is 10.0 Å². The van der Waals surface area contributed by atoms with Crippen molar-refractivity contribution in [3.05, 3.63) is 15.4 Å². The quantitative estimate of drug-likeness (QED) is 0.902. The molecule has 0 saturated carbocycles. The fourth-order valence-corrected chi connectivity index (χ4v) is 5.18. The van der Waals surface area contributed by atoms with E-state index >= 15 is 0 Å². The Morgan fingerprint density at radius 1 is 1.47 bits per heavy atom. The van der Waals surface area contributed by atoms with Gasteiger partial charge >= 0.3 is 0 Å². The minimum Gasteiger partial charge on any atom is -0.378 e. The summed E-state index contributed by atoms with van der Waals surface area (Å²) < 4.78 is 32.8. The van der Waals surface area contributed by atoms with Gasteiger partial charge in [0, 0.05) is 20.2 Å². The number of methoxy groups -OCH3 is 1. The third-order valence-corrected chi connectivity index (χ3v) is 6.77. The van der Waals surface area contributed by atoms with Crippen molar-refractivity contribution < 1.29 is 13.2 Å². The Kier molecular flexibility index (Phi) is 4.77. The number of sulfonamides is 1. The second-order valence-corrected chi connectivity index (χ2v) is 8.41. The molecule has 1 N–H and O–H groups in total. The van der Waals surface area contributed by atoms with Crippen molar-refractivity contribution in [2.24, 2.45) is 0 Å². The molecule has 2 rings (SSSR count). The third kappa shape index (κ3) is 3.41. The summed E-state index contributed by atoms with van der Waals surface area (Å²) in [5.41, 5.74) is 0. The highest BCUT2D eigenvalue weighted by molar-refractivity contribution is 7.91. The second kappa shape index (κ2) is 5.85. The molecule has 0 aromatic carbocycles. The zero-order valence-electron chi connectivity index (χ0n) is 10.4. The molecule has 0 radical (unpaired) electrons. The lowest BCUT2D eigenvalue weighted by Gasteiger charge is -2.17. The zero-order chi connectivity index (χ0) is 14.2. The smallest absolute Gasteiger partial charge is 0.250 e. The summed E-state index contributed by atoms with van der Waals surface area (Å²) in [5, 5.41) is 0.249. The normalized spacial score (nSPS) is 25.1. The van der Waals surface area contributed by atoms with E-state index in [4.69, 9.17) is 27.9 Å². The molecule has 2 atom stereocenters.